The molecule has 1 fully saturated rings. The van der Waals surface area contributed by atoms with Crippen LogP contribution in [0.1, 0.15) is 30.4 Å². The number of aromatic nitrogens is 2. The third-order valence-electron chi connectivity index (χ3n) is 6.29. The lowest BCUT2D eigenvalue weighted by Crippen LogP contribution is -2.65. The van der Waals surface area contributed by atoms with Crippen molar-refractivity contribution < 1.29 is 0 Å². The second-order valence-corrected chi connectivity index (χ2v) is 8.47. The number of anilines is 2. The van der Waals surface area contributed by atoms with E-state index in [0.29, 0.717) is 0 Å². The number of fused-ring (bicyclic) bond motifs is 4. The minimum Gasteiger partial charge on any atom is -0.362 e. The fraction of sp³-hybridized carbons (Fsp3) is 0.500. The predicted octanol–water partition coefficient (Wildman–Crippen LogP) is 2.41. The van der Waals surface area contributed by atoms with E-state index in [1.807, 2.05) is 31.4 Å². The van der Waals surface area contributed by atoms with Crippen LogP contribution >= 0.6 is 0 Å². The zero-order valence-electron chi connectivity index (χ0n) is 17.3. The summed E-state index contributed by atoms with van der Waals surface area (Å²) < 4.78 is 0. The van der Waals surface area contributed by atoms with Crippen LogP contribution in [0.2, 0.25) is 0 Å². The Morgan fingerprint density at radius 1 is 1.07 bits per heavy atom. The Kier molecular flexibility index (Phi) is 4.62. The number of hydrogen-bond acceptors (Lipinski definition) is 7. The van der Waals surface area contributed by atoms with E-state index in [2.05, 4.69) is 49.4 Å². The Bertz CT molecular complexity index is 898. The number of amidine groups is 1. The Balaban J connectivity index is 1.31. The lowest BCUT2D eigenvalue weighted by atomic mass is 9.89. The van der Waals surface area contributed by atoms with E-state index < -0.39 is 0 Å². The number of piperidine rings is 1. The number of hydrogen-bond donors (Lipinski definition) is 1. The van der Waals surface area contributed by atoms with Gasteiger partial charge in [-0.15, -0.1) is 0 Å². The molecule has 1 aromatic heterocycles. The molecule has 7 heteroatoms. The Morgan fingerprint density at radius 2 is 1.83 bits per heavy atom. The number of nitrogens with zero attached hydrogens (tertiary/aromatic N) is 6. The van der Waals surface area contributed by atoms with E-state index in [1.165, 1.54) is 22.6 Å². The van der Waals surface area contributed by atoms with Crippen molar-refractivity contribution in [2.75, 3.05) is 50.5 Å². The van der Waals surface area contributed by atoms with Crippen LogP contribution in [0.3, 0.4) is 0 Å². The second kappa shape index (κ2) is 7.30. The van der Waals surface area contributed by atoms with E-state index in [0.717, 1.165) is 57.9 Å². The molecule has 5 rings (SSSR count). The third-order valence-corrected chi connectivity index (χ3v) is 6.29. The maximum absolute atomic E-state index is 4.92. The first kappa shape index (κ1) is 18.4. The van der Waals surface area contributed by atoms with E-state index in [1.54, 1.807) is 0 Å². The molecule has 0 bridgehead atoms. The highest BCUT2D eigenvalue weighted by atomic mass is 15.4. The molecule has 0 saturated carbocycles. The molecular weight excluding hydrogens is 362 g/mol. The summed E-state index contributed by atoms with van der Waals surface area (Å²) in [7, 11) is 3.93. The van der Waals surface area contributed by atoms with Crippen LogP contribution in [0, 0.1) is 0 Å². The van der Waals surface area contributed by atoms with Gasteiger partial charge in [-0.05, 0) is 18.6 Å². The summed E-state index contributed by atoms with van der Waals surface area (Å²) in [6.07, 6.45) is 7.21. The standard InChI is InChI=1S/C22H29N7/c1-27(2)21-24-14-17(15-25-21)16-28-12-8-22(9-13-28)26-19-7-4-3-6-18(19)20-23-10-5-11-29(20)22/h3-4,6-7,14-15,26H,5,8-13,16H2,1-2H3. The molecule has 29 heavy (non-hydrogen) atoms. The largest absolute Gasteiger partial charge is 0.362 e. The van der Waals surface area contributed by atoms with E-state index in [9.17, 15) is 0 Å². The van der Waals surface area contributed by atoms with Crippen LogP contribution in [0.4, 0.5) is 11.6 Å². The van der Waals surface area contributed by atoms with Crippen molar-refractivity contribution in [2.45, 2.75) is 31.5 Å². The summed E-state index contributed by atoms with van der Waals surface area (Å²) in [5.41, 5.74) is 3.63. The molecule has 1 N–H and O–H groups in total. The van der Waals surface area contributed by atoms with Gasteiger partial charge in [0.25, 0.3) is 0 Å². The maximum Gasteiger partial charge on any atom is 0.224 e. The molecule has 3 aliphatic rings. The van der Waals surface area contributed by atoms with Crippen molar-refractivity contribution in [1.82, 2.24) is 19.8 Å². The van der Waals surface area contributed by atoms with Crippen molar-refractivity contribution in [3.05, 3.63) is 47.8 Å². The third kappa shape index (κ3) is 3.33. The number of benzene rings is 1. The fourth-order valence-corrected chi connectivity index (χ4v) is 4.75. The molecular formula is C22H29N7. The summed E-state index contributed by atoms with van der Waals surface area (Å²) in [6.45, 7) is 5.02. The Morgan fingerprint density at radius 3 is 2.59 bits per heavy atom. The lowest BCUT2D eigenvalue weighted by Gasteiger charge is -2.54. The van der Waals surface area contributed by atoms with Gasteiger partial charge in [-0.2, -0.15) is 0 Å². The molecule has 2 aromatic rings. The predicted molar refractivity (Wildman–Crippen MR) is 116 cm³/mol. The first-order valence-electron chi connectivity index (χ1n) is 10.5. The van der Waals surface area contributed by atoms with Gasteiger partial charge in [0.2, 0.25) is 5.95 Å². The smallest absolute Gasteiger partial charge is 0.224 e. The Labute approximate surface area is 172 Å². The van der Waals surface area contributed by atoms with Crippen LogP contribution in [0.25, 0.3) is 0 Å². The zero-order chi connectivity index (χ0) is 19.8. The zero-order valence-corrected chi connectivity index (χ0v) is 17.3. The van der Waals surface area contributed by atoms with Crippen LogP contribution < -0.4 is 10.2 Å². The molecule has 1 saturated heterocycles. The van der Waals surface area contributed by atoms with Gasteiger partial charge >= 0.3 is 0 Å². The topological polar surface area (TPSA) is 59.9 Å². The summed E-state index contributed by atoms with van der Waals surface area (Å²) in [6, 6.07) is 8.62. The monoisotopic (exact) mass is 391 g/mol. The summed E-state index contributed by atoms with van der Waals surface area (Å²) in [5, 5.41) is 3.90. The van der Waals surface area contributed by atoms with Gasteiger partial charge in [0, 0.05) is 88.9 Å². The average molecular weight is 392 g/mol. The molecule has 7 nitrogen and oxygen atoms in total. The van der Waals surface area contributed by atoms with Crippen molar-refractivity contribution in [2.24, 2.45) is 4.99 Å². The van der Waals surface area contributed by atoms with Gasteiger partial charge in [0.15, 0.2) is 0 Å². The molecule has 152 valence electrons. The van der Waals surface area contributed by atoms with Crippen molar-refractivity contribution in [3.63, 3.8) is 0 Å². The van der Waals surface area contributed by atoms with Crippen molar-refractivity contribution in [3.8, 4) is 0 Å². The fourth-order valence-electron chi connectivity index (χ4n) is 4.75. The first-order chi connectivity index (χ1) is 14.1. The van der Waals surface area contributed by atoms with E-state index in [-0.39, 0.29) is 5.66 Å². The highest BCUT2D eigenvalue weighted by Gasteiger charge is 2.45. The molecule has 1 aromatic carbocycles. The number of likely N-dealkylation sites (tertiary alicyclic amines) is 1. The van der Waals surface area contributed by atoms with Gasteiger partial charge in [0.1, 0.15) is 11.5 Å². The van der Waals surface area contributed by atoms with Gasteiger partial charge in [-0.1, -0.05) is 12.1 Å². The van der Waals surface area contributed by atoms with Crippen LogP contribution in [-0.2, 0) is 6.54 Å². The van der Waals surface area contributed by atoms with Crippen LogP contribution in [0.15, 0.2) is 41.7 Å². The minimum atomic E-state index is -0.0185. The average Bonchev–Trinajstić information content (AvgIpc) is 2.76. The quantitative estimate of drug-likeness (QED) is 0.867. The minimum absolute atomic E-state index is 0.0185. The molecule has 1 spiro atoms. The number of rotatable bonds is 3. The molecule has 4 heterocycles. The van der Waals surface area contributed by atoms with Crippen LogP contribution in [0.5, 0.6) is 0 Å². The maximum atomic E-state index is 4.92. The van der Waals surface area contributed by atoms with Crippen molar-refractivity contribution >= 4 is 17.5 Å². The van der Waals surface area contributed by atoms with Gasteiger partial charge in [-0.25, -0.2) is 9.97 Å². The summed E-state index contributed by atoms with van der Waals surface area (Å²) in [5.74, 6) is 1.94. The number of aliphatic imine (C=N–C) groups is 1. The molecule has 0 aliphatic carbocycles. The van der Waals surface area contributed by atoms with Gasteiger partial charge in [-0.3, -0.25) is 9.89 Å². The molecule has 0 unspecified atom stereocenters. The highest BCUT2D eigenvalue weighted by Crippen LogP contribution is 2.39. The molecule has 3 aliphatic heterocycles. The summed E-state index contributed by atoms with van der Waals surface area (Å²) >= 11 is 0. The highest BCUT2D eigenvalue weighted by molar-refractivity contribution is 6.06. The Hall–Kier alpha value is -2.67. The number of para-hydroxylation sites is 1. The molecule has 0 amide bonds. The number of nitrogens with one attached hydrogen (secondary N) is 1. The van der Waals surface area contributed by atoms with E-state index >= 15 is 0 Å². The van der Waals surface area contributed by atoms with E-state index in [4.69, 9.17) is 4.99 Å². The SMILES string of the molecule is CN(C)c1ncc(CN2CCC3(CC2)Nc2ccccc2C2=NCCCN23)cn1. The van der Waals surface area contributed by atoms with Gasteiger partial charge in [0.05, 0.1) is 0 Å². The normalized spacial score (nSPS) is 20.5. The van der Waals surface area contributed by atoms with Gasteiger partial charge < -0.3 is 15.1 Å². The summed E-state index contributed by atoms with van der Waals surface area (Å²) in [4.78, 5) is 20.8. The van der Waals surface area contributed by atoms with Crippen LogP contribution in [-0.4, -0.2) is 71.5 Å². The molecule has 0 atom stereocenters. The van der Waals surface area contributed by atoms with Crippen molar-refractivity contribution in [1.29, 1.82) is 0 Å². The molecule has 0 radical (unpaired) electrons. The second-order valence-electron chi connectivity index (χ2n) is 8.47. The first-order valence-corrected chi connectivity index (χ1v) is 10.5. The lowest BCUT2D eigenvalue weighted by molar-refractivity contribution is 0.0799.